The van der Waals surface area contributed by atoms with Crippen LogP contribution >= 0.6 is 0 Å². The Labute approximate surface area is 125 Å². The van der Waals surface area contributed by atoms with E-state index < -0.39 is 0 Å². The molecule has 0 spiro atoms. The van der Waals surface area contributed by atoms with Crippen molar-refractivity contribution in [2.45, 2.75) is 64.1 Å². The van der Waals surface area contributed by atoms with E-state index in [2.05, 4.69) is 15.5 Å². The second-order valence-corrected chi connectivity index (χ2v) is 6.26. The Hall–Kier alpha value is -1.43. The van der Waals surface area contributed by atoms with Gasteiger partial charge in [0.25, 0.3) is 0 Å². The Balaban J connectivity index is 1.57. The Morgan fingerprint density at radius 1 is 1.43 bits per heavy atom. The van der Waals surface area contributed by atoms with E-state index >= 15 is 0 Å². The minimum atomic E-state index is -0.0448. The van der Waals surface area contributed by atoms with Crippen molar-refractivity contribution in [2.24, 2.45) is 5.92 Å². The molecule has 2 heterocycles. The Morgan fingerprint density at radius 2 is 2.24 bits per heavy atom. The number of nitrogens with one attached hydrogen (secondary N) is 1. The fourth-order valence-corrected chi connectivity index (χ4v) is 3.56. The van der Waals surface area contributed by atoms with E-state index in [4.69, 9.17) is 4.52 Å². The predicted octanol–water partition coefficient (Wildman–Crippen LogP) is 1.51. The van der Waals surface area contributed by atoms with Crippen LogP contribution in [0.5, 0.6) is 0 Å². The lowest BCUT2D eigenvalue weighted by molar-refractivity contribution is -0.132. The van der Waals surface area contributed by atoms with Gasteiger partial charge in [0.1, 0.15) is 0 Å². The van der Waals surface area contributed by atoms with E-state index in [0.29, 0.717) is 30.2 Å². The minimum absolute atomic E-state index is 0.0448. The zero-order chi connectivity index (χ0) is 14.8. The van der Waals surface area contributed by atoms with Crippen molar-refractivity contribution in [1.29, 1.82) is 0 Å². The van der Waals surface area contributed by atoms with Gasteiger partial charge in [-0.2, -0.15) is 4.98 Å². The summed E-state index contributed by atoms with van der Waals surface area (Å²) >= 11 is 0. The Bertz CT molecular complexity index is 488. The van der Waals surface area contributed by atoms with E-state index in [9.17, 15) is 4.79 Å². The number of aryl methyl sites for hydroxylation is 1. The van der Waals surface area contributed by atoms with E-state index in [1.807, 2.05) is 14.0 Å². The number of carbonyl (C=O) groups is 1. The first-order valence-electron chi connectivity index (χ1n) is 8.00. The van der Waals surface area contributed by atoms with Crippen molar-refractivity contribution in [1.82, 2.24) is 20.4 Å². The summed E-state index contributed by atoms with van der Waals surface area (Å²) in [5.41, 5.74) is 0. The van der Waals surface area contributed by atoms with Crippen LogP contribution < -0.4 is 5.32 Å². The van der Waals surface area contributed by atoms with Gasteiger partial charge in [-0.1, -0.05) is 24.9 Å². The van der Waals surface area contributed by atoms with Crippen LogP contribution in [0.2, 0.25) is 0 Å². The fraction of sp³-hybridized carbons (Fsp3) is 0.800. The third kappa shape index (κ3) is 3.10. The van der Waals surface area contributed by atoms with Gasteiger partial charge in [-0.15, -0.1) is 0 Å². The summed E-state index contributed by atoms with van der Waals surface area (Å²) in [6.07, 6.45) is 6.77. The third-order valence-corrected chi connectivity index (χ3v) is 4.74. The van der Waals surface area contributed by atoms with Gasteiger partial charge in [-0.25, -0.2) is 0 Å². The molecule has 6 heteroatoms. The summed E-state index contributed by atoms with van der Waals surface area (Å²) in [7, 11) is 1.81. The van der Waals surface area contributed by atoms with Crippen LogP contribution in [-0.4, -0.2) is 40.1 Å². The molecule has 1 saturated carbocycles. The zero-order valence-electron chi connectivity index (χ0n) is 12.8. The first-order chi connectivity index (χ1) is 10.2. The molecule has 1 aliphatic carbocycles. The van der Waals surface area contributed by atoms with Gasteiger partial charge in [-0.3, -0.25) is 4.79 Å². The number of carbonyl (C=O) groups excluding carboxylic acids is 1. The fourth-order valence-electron chi connectivity index (χ4n) is 3.56. The number of rotatable bonds is 4. The smallest absolute Gasteiger partial charge is 0.246 e. The van der Waals surface area contributed by atoms with Crippen LogP contribution in [0.25, 0.3) is 0 Å². The van der Waals surface area contributed by atoms with Crippen molar-refractivity contribution in [3.63, 3.8) is 0 Å². The highest BCUT2D eigenvalue weighted by Crippen LogP contribution is 2.33. The lowest BCUT2D eigenvalue weighted by atomic mass is 9.85. The molecule has 0 radical (unpaired) electrons. The molecule has 1 saturated heterocycles. The maximum absolute atomic E-state index is 12.5. The largest absolute Gasteiger partial charge is 0.337 e. The predicted molar refractivity (Wildman–Crippen MR) is 77.4 cm³/mol. The van der Waals surface area contributed by atoms with Crippen molar-refractivity contribution in [2.75, 3.05) is 7.05 Å². The van der Waals surface area contributed by atoms with Crippen LogP contribution in [0.4, 0.5) is 0 Å². The number of aromatic nitrogens is 2. The number of hydrogen-bond donors (Lipinski definition) is 1. The summed E-state index contributed by atoms with van der Waals surface area (Å²) < 4.78 is 5.16. The molecule has 3 atom stereocenters. The molecular formula is C15H24N4O2. The molecule has 2 aliphatic rings. The molecule has 1 N–H and O–H groups in total. The summed E-state index contributed by atoms with van der Waals surface area (Å²) in [6.45, 7) is 2.37. The van der Waals surface area contributed by atoms with Crippen molar-refractivity contribution in [3.05, 3.63) is 11.7 Å². The molecule has 21 heavy (non-hydrogen) atoms. The number of nitrogens with zero attached hydrogens (tertiary/aromatic N) is 3. The molecule has 0 unspecified atom stereocenters. The molecule has 1 aromatic rings. The SMILES string of the molecule is CCc1noc(CN(C)C(=O)[C@@H]2C[C@H]3CCCC[C@H]3N2)n1. The first-order valence-corrected chi connectivity index (χ1v) is 8.00. The molecule has 6 nitrogen and oxygen atoms in total. The molecule has 0 aromatic carbocycles. The molecule has 116 valence electrons. The van der Waals surface area contributed by atoms with Crippen LogP contribution in [0.1, 0.15) is 50.7 Å². The maximum atomic E-state index is 12.5. The highest BCUT2D eigenvalue weighted by Gasteiger charge is 2.39. The summed E-state index contributed by atoms with van der Waals surface area (Å²) in [6, 6.07) is 0.493. The van der Waals surface area contributed by atoms with Crippen molar-refractivity contribution < 1.29 is 9.32 Å². The number of hydrogen-bond acceptors (Lipinski definition) is 5. The maximum Gasteiger partial charge on any atom is 0.246 e. The molecular weight excluding hydrogens is 268 g/mol. The lowest BCUT2D eigenvalue weighted by Crippen LogP contribution is -2.43. The number of amides is 1. The van der Waals surface area contributed by atoms with Gasteiger partial charge in [0.05, 0.1) is 12.6 Å². The highest BCUT2D eigenvalue weighted by molar-refractivity contribution is 5.82. The van der Waals surface area contributed by atoms with Gasteiger partial charge >= 0.3 is 0 Å². The summed E-state index contributed by atoms with van der Waals surface area (Å²) in [4.78, 5) is 18.5. The Kier molecular flexibility index (Phi) is 4.24. The summed E-state index contributed by atoms with van der Waals surface area (Å²) in [5.74, 6) is 2.02. The lowest BCUT2D eigenvalue weighted by Gasteiger charge is -2.24. The van der Waals surface area contributed by atoms with Crippen LogP contribution in [0.15, 0.2) is 4.52 Å². The topological polar surface area (TPSA) is 71.3 Å². The highest BCUT2D eigenvalue weighted by atomic mass is 16.5. The summed E-state index contributed by atoms with van der Waals surface area (Å²) in [5, 5.41) is 7.38. The number of fused-ring (bicyclic) bond motifs is 1. The van der Waals surface area contributed by atoms with Crippen LogP contribution in [0.3, 0.4) is 0 Å². The van der Waals surface area contributed by atoms with Crippen molar-refractivity contribution in [3.8, 4) is 0 Å². The van der Waals surface area contributed by atoms with Gasteiger partial charge < -0.3 is 14.7 Å². The average Bonchev–Trinajstić information content (AvgIpc) is 3.12. The molecule has 1 aromatic heterocycles. The van der Waals surface area contributed by atoms with Gasteiger partial charge in [0.15, 0.2) is 5.82 Å². The molecule has 3 rings (SSSR count). The standard InChI is InChI=1S/C15H24N4O2/c1-3-13-17-14(21-18-13)9-19(2)15(20)12-8-10-6-4-5-7-11(10)16-12/h10-12,16H,3-9H2,1-2H3/t10-,11-,12+/m1/s1. The van der Waals surface area contributed by atoms with Gasteiger partial charge in [0.2, 0.25) is 11.8 Å². The van der Waals surface area contributed by atoms with Crippen molar-refractivity contribution >= 4 is 5.91 Å². The molecule has 1 aliphatic heterocycles. The normalized spacial score (nSPS) is 28.4. The molecule has 0 bridgehead atoms. The number of likely N-dealkylation sites (N-methyl/N-ethyl adjacent to an activating group) is 1. The van der Waals surface area contributed by atoms with E-state index in [0.717, 1.165) is 12.8 Å². The second kappa shape index (κ2) is 6.13. The minimum Gasteiger partial charge on any atom is -0.337 e. The zero-order valence-corrected chi connectivity index (χ0v) is 12.8. The van der Waals surface area contributed by atoms with Crippen LogP contribution in [0, 0.1) is 5.92 Å². The van der Waals surface area contributed by atoms with Gasteiger partial charge in [-0.05, 0) is 25.2 Å². The van der Waals surface area contributed by atoms with E-state index in [1.165, 1.54) is 25.7 Å². The van der Waals surface area contributed by atoms with E-state index in [-0.39, 0.29) is 11.9 Å². The monoisotopic (exact) mass is 292 g/mol. The average molecular weight is 292 g/mol. The first kappa shape index (κ1) is 14.5. The third-order valence-electron chi connectivity index (χ3n) is 4.74. The van der Waals surface area contributed by atoms with E-state index in [1.54, 1.807) is 4.90 Å². The Morgan fingerprint density at radius 3 is 2.95 bits per heavy atom. The van der Waals surface area contributed by atoms with Gasteiger partial charge in [0, 0.05) is 19.5 Å². The second-order valence-electron chi connectivity index (χ2n) is 6.26. The molecule has 1 amide bonds. The quantitative estimate of drug-likeness (QED) is 0.911. The molecule has 2 fully saturated rings. The van der Waals surface area contributed by atoms with Crippen LogP contribution in [-0.2, 0) is 17.8 Å².